The minimum Gasteiger partial charge on any atom is -0.550 e. The number of likely N-dealkylation sites (N-methyl/N-ethyl adjacent to an activating group) is 2. The van der Waals surface area contributed by atoms with E-state index in [4.69, 9.17) is 14.9 Å². The van der Waals surface area contributed by atoms with Gasteiger partial charge in [-0.3, -0.25) is 0 Å². The number of carbonyl (C=O) groups excluding carboxylic acids is 3. The van der Waals surface area contributed by atoms with Crippen LogP contribution in [0, 0.1) is 0 Å². The van der Waals surface area contributed by atoms with Gasteiger partial charge >= 0.3 is 5.97 Å². The molecule has 3 N–H and O–H groups in total. The van der Waals surface area contributed by atoms with E-state index in [9.17, 15) is 29.7 Å². The second-order valence-electron chi connectivity index (χ2n) is 8.05. The van der Waals surface area contributed by atoms with Crippen LogP contribution in [0.25, 0.3) is 0 Å². The Morgan fingerprint density at radius 3 is 1.67 bits per heavy atom. The Kier molecular flexibility index (Phi) is 12.0. The van der Waals surface area contributed by atoms with Gasteiger partial charge in [-0.25, -0.2) is 4.79 Å². The van der Waals surface area contributed by atoms with E-state index in [1.807, 2.05) is 0 Å². The van der Waals surface area contributed by atoms with Gasteiger partial charge in [-0.05, 0) is 0 Å². The van der Waals surface area contributed by atoms with Crippen molar-refractivity contribution in [3.05, 3.63) is 0 Å². The van der Waals surface area contributed by atoms with Crippen LogP contribution in [-0.2, 0) is 19.1 Å². The molecule has 0 saturated carbocycles. The summed E-state index contributed by atoms with van der Waals surface area (Å²) in [5.41, 5.74) is 0. The molecule has 11 heteroatoms. The number of aliphatic carboxylic acids is 2. The number of carboxylic acids is 2. The maximum absolute atomic E-state index is 11.4. The summed E-state index contributed by atoms with van der Waals surface area (Å²) in [7, 11) is 11.3. The van der Waals surface area contributed by atoms with E-state index in [1.54, 1.807) is 21.1 Å². The Balaban J connectivity index is 0. The molecular formula is C16H32N2O9. The van der Waals surface area contributed by atoms with Gasteiger partial charge in [-0.15, -0.1) is 0 Å². The third-order valence-corrected chi connectivity index (χ3v) is 2.98. The van der Waals surface area contributed by atoms with Gasteiger partial charge in [0.2, 0.25) is 0 Å². The van der Waals surface area contributed by atoms with Crippen molar-refractivity contribution < 1.29 is 53.6 Å². The first-order chi connectivity index (χ1) is 12.0. The molecule has 0 amide bonds. The molecule has 0 spiro atoms. The lowest BCUT2D eigenvalue weighted by Crippen LogP contribution is -2.50. The molecule has 3 atom stereocenters. The summed E-state index contributed by atoms with van der Waals surface area (Å²) < 4.78 is 5.79. The van der Waals surface area contributed by atoms with Crippen molar-refractivity contribution in [2.75, 3.05) is 62.0 Å². The van der Waals surface area contributed by atoms with Crippen molar-refractivity contribution in [3.8, 4) is 0 Å². The largest absolute Gasteiger partial charge is 0.550 e. The van der Waals surface area contributed by atoms with Crippen molar-refractivity contribution >= 4 is 17.9 Å². The number of quaternary nitrogens is 2. The zero-order chi connectivity index (χ0) is 22.0. The van der Waals surface area contributed by atoms with Gasteiger partial charge in [0.05, 0.1) is 54.9 Å². The fourth-order valence-electron chi connectivity index (χ4n) is 1.73. The van der Waals surface area contributed by atoms with Crippen molar-refractivity contribution in [2.45, 2.75) is 24.7 Å². The first-order valence-corrected chi connectivity index (χ1v) is 8.19. The lowest BCUT2D eigenvalue weighted by atomic mass is 10.2. The van der Waals surface area contributed by atoms with Crippen LogP contribution in [0.5, 0.6) is 0 Å². The number of rotatable bonds is 10. The van der Waals surface area contributed by atoms with Crippen molar-refractivity contribution in [3.63, 3.8) is 0 Å². The number of esters is 1. The number of aliphatic hydroxyl groups is 3. The van der Waals surface area contributed by atoms with Crippen LogP contribution in [-0.4, -0.2) is 122 Å². The summed E-state index contributed by atoms with van der Waals surface area (Å²) in [6.45, 7) is 1.21. The quantitative estimate of drug-likeness (QED) is 0.242. The van der Waals surface area contributed by atoms with E-state index in [-0.39, 0.29) is 17.6 Å². The Labute approximate surface area is 159 Å². The summed E-state index contributed by atoms with van der Waals surface area (Å²) in [6.07, 6.45) is -6.54. The summed E-state index contributed by atoms with van der Waals surface area (Å²) >= 11 is 0. The van der Waals surface area contributed by atoms with Crippen LogP contribution in [0.15, 0.2) is 0 Å². The highest BCUT2D eigenvalue weighted by Crippen LogP contribution is 2.07. The molecule has 0 aliphatic heterocycles. The number of carboxylic acid groups (broad SMARTS) is 2. The number of hydrogen-bond donors (Lipinski definition) is 3. The lowest BCUT2D eigenvalue weighted by Gasteiger charge is -2.30. The van der Waals surface area contributed by atoms with Crippen LogP contribution in [0.1, 0.15) is 6.42 Å². The molecule has 0 radical (unpaired) electrons. The molecule has 0 bridgehead atoms. The van der Waals surface area contributed by atoms with Crippen molar-refractivity contribution in [1.82, 2.24) is 0 Å². The topological polar surface area (TPSA) is 167 Å². The van der Waals surface area contributed by atoms with E-state index in [1.165, 1.54) is 0 Å². The molecule has 11 nitrogen and oxygen atoms in total. The number of aliphatic hydroxyl groups excluding tert-OH is 3. The van der Waals surface area contributed by atoms with Gasteiger partial charge < -0.3 is 48.8 Å². The smallest absolute Gasteiger partial charge is 0.338 e. The molecule has 0 aromatic rings. The molecule has 0 heterocycles. The maximum atomic E-state index is 11.4. The van der Waals surface area contributed by atoms with Crippen LogP contribution >= 0.6 is 0 Å². The molecule has 0 saturated heterocycles. The molecule has 2 unspecified atom stereocenters. The minimum absolute atomic E-state index is 0.0911. The molecule has 0 fully saturated rings. The second-order valence-corrected chi connectivity index (χ2v) is 8.05. The van der Waals surface area contributed by atoms with E-state index < -0.39 is 42.6 Å². The van der Waals surface area contributed by atoms with Crippen LogP contribution in [0.4, 0.5) is 0 Å². The summed E-state index contributed by atoms with van der Waals surface area (Å²) in [6, 6.07) is 0. The highest BCUT2D eigenvalue weighted by molar-refractivity contribution is 5.83. The van der Waals surface area contributed by atoms with Gasteiger partial charge in [-0.1, -0.05) is 0 Å². The lowest BCUT2D eigenvalue weighted by molar-refractivity contribution is -0.873. The predicted octanol–water partition coefficient (Wildman–Crippen LogP) is -5.10. The number of hydrogen-bond acceptors (Lipinski definition) is 9. The Hall–Kier alpha value is -1.79. The Bertz CT molecular complexity index is 483. The predicted molar refractivity (Wildman–Crippen MR) is 89.4 cm³/mol. The fourth-order valence-corrected chi connectivity index (χ4v) is 1.73. The van der Waals surface area contributed by atoms with Crippen LogP contribution < -0.4 is 10.2 Å². The standard InChI is InChI=1S/C11H19NO8.C5H14NO/c1-12(2,3)5-6(4-7(13)14)20-11(19)9(16)8(15)10(17)18;1-6(2,3)4-5-7/h6,8-9,15-16H,4-5H2,1-3H3,(H-,13,14,17,18);7H,4-5H2,1-3H3/q;+1/p-1/t6-,8?,9?;/m1./s1. The van der Waals surface area contributed by atoms with Gasteiger partial charge in [0.25, 0.3) is 0 Å². The van der Waals surface area contributed by atoms with E-state index >= 15 is 0 Å². The maximum Gasteiger partial charge on any atom is 0.338 e. The summed E-state index contributed by atoms with van der Waals surface area (Å²) in [4.78, 5) is 32.3. The zero-order valence-corrected chi connectivity index (χ0v) is 16.7. The van der Waals surface area contributed by atoms with E-state index in [0.29, 0.717) is 0 Å². The third kappa shape index (κ3) is 16.1. The molecule has 160 valence electrons. The van der Waals surface area contributed by atoms with Gasteiger partial charge in [0, 0.05) is 12.4 Å². The van der Waals surface area contributed by atoms with E-state index in [2.05, 4.69) is 21.1 Å². The highest BCUT2D eigenvalue weighted by atomic mass is 16.6. The van der Waals surface area contributed by atoms with Gasteiger partial charge in [0.1, 0.15) is 19.2 Å². The first kappa shape index (κ1) is 27.4. The van der Waals surface area contributed by atoms with Crippen molar-refractivity contribution in [1.29, 1.82) is 0 Å². The summed E-state index contributed by atoms with van der Waals surface area (Å²) in [5.74, 6) is -4.95. The minimum atomic E-state index is -2.45. The second kappa shape index (κ2) is 11.8. The highest BCUT2D eigenvalue weighted by Gasteiger charge is 2.30. The SMILES string of the molecule is C[N+](C)(C)CCO.C[N+](C)(C)C[C@@H](CC(=O)[O-])OC(=O)C(O)C(O)C(=O)[O-]. The van der Waals surface area contributed by atoms with E-state index in [0.717, 1.165) is 11.0 Å². The molecule has 0 aromatic heterocycles. The molecule has 0 aliphatic rings. The molecule has 0 aromatic carbocycles. The summed E-state index contributed by atoms with van der Waals surface area (Å²) in [5, 5.41) is 47.4. The average Bonchev–Trinajstić information content (AvgIpc) is 2.42. The molecular weight excluding hydrogens is 364 g/mol. The van der Waals surface area contributed by atoms with Crippen LogP contribution in [0.3, 0.4) is 0 Å². The molecule has 0 rings (SSSR count). The number of nitrogens with zero attached hydrogens (tertiary/aromatic N) is 2. The average molecular weight is 396 g/mol. The van der Waals surface area contributed by atoms with Gasteiger partial charge in [0.15, 0.2) is 12.2 Å². The fraction of sp³-hybridized carbons (Fsp3) is 0.812. The molecule has 27 heavy (non-hydrogen) atoms. The normalized spacial score (nSPS) is 15.0. The monoisotopic (exact) mass is 396 g/mol. The Morgan fingerprint density at radius 2 is 1.41 bits per heavy atom. The molecule has 0 aliphatic carbocycles. The van der Waals surface area contributed by atoms with Gasteiger partial charge in [-0.2, -0.15) is 0 Å². The third-order valence-electron chi connectivity index (χ3n) is 2.98. The first-order valence-electron chi connectivity index (χ1n) is 8.19. The zero-order valence-electron chi connectivity index (χ0n) is 16.7. The van der Waals surface area contributed by atoms with Crippen molar-refractivity contribution in [2.24, 2.45) is 0 Å². The number of carbonyl (C=O) groups is 3. The number of ether oxygens (including phenoxy) is 1. The Morgan fingerprint density at radius 1 is 0.926 bits per heavy atom. The van der Waals surface area contributed by atoms with Crippen LogP contribution in [0.2, 0.25) is 0 Å².